The predicted octanol–water partition coefficient (Wildman–Crippen LogP) is 2.76. The van der Waals surface area contributed by atoms with E-state index >= 15 is 0 Å². The summed E-state index contributed by atoms with van der Waals surface area (Å²) in [5, 5.41) is 15.5. The van der Waals surface area contributed by atoms with E-state index in [0.29, 0.717) is 19.1 Å². The number of hydrogen-bond acceptors (Lipinski definition) is 4. The lowest BCUT2D eigenvalue weighted by Crippen LogP contribution is -2.51. The van der Waals surface area contributed by atoms with Crippen LogP contribution in [-0.2, 0) is 18.4 Å². The number of aryl methyl sites for hydroxylation is 1. The molecule has 0 atom stereocenters. The van der Waals surface area contributed by atoms with Crippen molar-refractivity contribution in [1.29, 1.82) is 0 Å². The first kappa shape index (κ1) is 24.9. The van der Waals surface area contributed by atoms with Gasteiger partial charge in [-0.05, 0) is 32.6 Å². The van der Waals surface area contributed by atoms with Crippen molar-refractivity contribution < 1.29 is 4.79 Å². The fourth-order valence-electron chi connectivity index (χ4n) is 4.58. The van der Waals surface area contributed by atoms with Crippen molar-refractivity contribution in [1.82, 2.24) is 30.3 Å². The minimum atomic E-state index is -0.320. The SMILES string of the molecule is Cc1nnc(CN=C(NCC2(C(=O)N(C)C)CCCC2)NC2CCCCC2)n1C.I. The molecule has 9 heteroatoms. The van der Waals surface area contributed by atoms with Crippen molar-refractivity contribution in [3.05, 3.63) is 11.6 Å². The predicted molar refractivity (Wildman–Crippen MR) is 130 cm³/mol. The second-order valence-electron chi connectivity index (χ2n) is 8.91. The fourth-order valence-corrected chi connectivity index (χ4v) is 4.58. The molecular formula is C21H38IN7O. The Morgan fingerprint density at radius 3 is 2.40 bits per heavy atom. The molecule has 170 valence electrons. The second kappa shape index (κ2) is 11.3. The topological polar surface area (TPSA) is 87.4 Å². The van der Waals surface area contributed by atoms with E-state index in [-0.39, 0.29) is 35.3 Å². The van der Waals surface area contributed by atoms with Gasteiger partial charge in [0.2, 0.25) is 5.91 Å². The summed E-state index contributed by atoms with van der Waals surface area (Å²) in [6, 6.07) is 0.445. The first-order valence-corrected chi connectivity index (χ1v) is 11.0. The average Bonchev–Trinajstić information content (AvgIpc) is 3.32. The normalized spacial score (nSPS) is 19.3. The van der Waals surface area contributed by atoms with Gasteiger partial charge in [-0.3, -0.25) is 4.79 Å². The highest BCUT2D eigenvalue weighted by molar-refractivity contribution is 14.0. The van der Waals surface area contributed by atoms with Crippen LogP contribution in [0.3, 0.4) is 0 Å². The molecule has 1 heterocycles. The maximum absolute atomic E-state index is 12.9. The Labute approximate surface area is 197 Å². The summed E-state index contributed by atoms with van der Waals surface area (Å²) >= 11 is 0. The highest BCUT2D eigenvalue weighted by Gasteiger charge is 2.42. The maximum atomic E-state index is 12.9. The Balaban J connectivity index is 0.00000320. The first-order valence-electron chi connectivity index (χ1n) is 11.0. The van der Waals surface area contributed by atoms with Crippen LogP contribution in [0.25, 0.3) is 0 Å². The van der Waals surface area contributed by atoms with E-state index < -0.39 is 0 Å². The summed E-state index contributed by atoms with van der Waals surface area (Å²) < 4.78 is 1.97. The number of halogens is 1. The number of carbonyl (C=O) groups is 1. The lowest BCUT2D eigenvalue weighted by Gasteiger charge is -2.32. The standard InChI is InChI=1S/C21H37N7O.HI/c1-16-25-26-18(28(16)4)14-22-20(24-17-10-6-5-7-11-17)23-15-21(12-8-9-13-21)19(29)27(2)3;/h17H,5-15H2,1-4H3,(H2,22,23,24);1H. The van der Waals surface area contributed by atoms with Crippen LogP contribution >= 0.6 is 24.0 Å². The van der Waals surface area contributed by atoms with E-state index in [4.69, 9.17) is 4.99 Å². The minimum Gasteiger partial charge on any atom is -0.355 e. The molecule has 1 aromatic heterocycles. The molecule has 2 N–H and O–H groups in total. The van der Waals surface area contributed by atoms with Crippen LogP contribution in [-0.4, -0.2) is 58.2 Å². The van der Waals surface area contributed by atoms with E-state index in [0.717, 1.165) is 43.3 Å². The molecule has 2 fully saturated rings. The van der Waals surface area contributed by atoms with Gasteiger partial charge in [-0.15, -0.1) is 34.2 Å². The van der Waals surface area contributed by atoms with Crippen LogP contribution in [0.4, 0.5) is 0 Å². The number of rotatable bonds is 6. The van der Waals surface area contributed by atoms with Gasteiger partial charge in [0.1, 0.15) is 12.4 Å². The number of amides is 1. The Bertz CT molecular complexity index is 719. The van der Waals surface area contributed by atoms with Gasteiger partial charge < -0.3 is 20.1 Å². The lowest BCUT2D eigenvalue weighted by atomic mass is 9.84. The molecular weight excluding hydrogens is 493 g/mol. The quantitative estimate of drug-likeness (QED) is 0.335. The smallest absolute Gasteiger partial charge is 0.230 e. The van der Waals surface area contributed by atoms with E-state index in [2.05, 4.69) is 20.8 Å². The zero-order valence-electron chi connectivity index (χ0n) is 18.9. The first-order chi connectivity index (χ1) is 13.9. The Hall–Kier alpha value is -1.39. The molecule has 0 radical (unpaired) electrons. The van der Waals surface area contributed by atoms with Crippen LogP contribution in [0, 0.1) is 12.3 Å². The van der Waals surface area contributed by atoms with Crippen LogP contribution in [0.1, 0.15) is 69.4 Å². The summed E-state index contributed by atoms with van der Waals surface area (Å²) in [5.74, 6) is 2.73. The van der Waals surface area contributed by atoms with Crippen molar-refractivity contribution in [3.63, 3.8) is 0 Å². The Morgan fingerprint density at radius 1 is 1.17 bits per heavy atom. The third kappa shape index (κ3) is 6.07. The van der Waals surface area contributed by atoms with Crippen LogP contribution in [0.5, 0.6) is 0 Å². The third-order valence-corrected chi connectivity index (χ3v) is 6.52. The van der Waals surface area contributed by atoms with Gasteiger partial charge >= 0.3 is 0 Å². The number of nitrogens with one attached hydrogen (secondary N) is 2. The summed E-state index contributed by atoms with van der Waals surface area (Å²) in [6.07, 6.45) is 10.3. The van der Waals surface area contributed by atoms with E-state index in [1.807, 2.05) is 32.6 Å². The monoisotopic (exact) mass is 531 g/mol. The lowest BCUT2D eigenvalue weighted by molar-refractivity contribution is -0.138. The van der Waals surface area contributed by atoms with Gasteiger partial charge in [-0.1, -0.05) is 32.1 Å². The van der Waals surface area contributed by atoms with Crippen molar-refractivity contribution in [2.24, 2.45) is 17.5 Å². The highest BCUT2D eigenvalue weighted by Crippen LogP contribution is 2.38. The molecule has 0 spiro atoms. The Morgan fingerprint density at radius 2 is 1.83 bits per heavy atom. The zero-order valence-corrected chi connectivity index (χ0v) is 21.2. The number of nitrogens with zero attached hydrogens (tertiary/aromatic N) is 5. The van der Waals surface area contributed by atoms with E-state index in [9.17, 15) is 4.79 Å². The molecule has 0 unspecified atom stereocenters. The highest BCUT2D eigenvalue weighted by atomic mass is 127. The van der Waals surface area contributed by atoms with Gasteiger partial charge in [0.25, 0.3) is 0 Å². The molecule has 3 rings (SSSR count). The van der Waals surface area contributed by atoms with Crippen molar-refractivity contribution in [2.75, 3.05) is 20.6 Å². The zero-order chi connectivity index (χ0) is 20.9. The van der Waals surface area contributed by atoms with Gasteiger partial charge in [0.05, 0.1) is 5.41 Å². The van der Waals surface area contributed by atoms with Gasteiger partial charge in [-0.25, -0.2) is 4.99 Å². The second-order valence-corrected chi connectivity index (χ2v) is 8.91. The third-order valence-electron chi connectivity index (χ3n) is 6.52. The molecule has 0 bridgehead atoms. The molecule has 8 nitrogen and oxygen atoms in total. The molecule has 0 aliphatic heterocycles. The maximum Gasteiger partial charge on any atom is 0.230 e. The van der Waals surface area contributed by atoms with Crippen molar-refractivity contribution in [3.8, 4) is 0 Å². The largest absolute Gasteiger partial charge is 0.355 e. The van der Waals surface area contributed by atoms with Gasteiger partial charge in [0, 0.05) is 33.7 Å². The van der Waals surface area contributed by atoms with Crippen molar-refractivity contribution >= 4 is 35.8 Å². The number of guanidine groups is 1. The van der Waals surface area contributed by atoms with Gasteiger partial charge in [0.15, 0.2) is 11.8 Å². The number of hydrogen-bond donors (Lipinski definition) is 2. The van der Waals surface area contributed by atoms with Crippen molar-refractivity contribution in [2.45, 2.75) is 77.3 Å². The molecule has 0 aromatic carbocycles. The molecule has 1 amide bonds. The van der Waals surface area contributed by atoms with Crippen LogP contribution in [0.15, 0.2) is 4.99 Å². The average molecular weight is 531 g/mol. The summed E-state index contributed by atoms with van der Waals surface area (Å²) in [6.45, 7) is 3.03. The van der Waals surface area contributed by atoms with E-state index in [1.165, 1.54) is 32.1 Å². The number of carbonyl (C=O) groups excluding carboxylic acids is 1. The van der Waals surface area contributed by atoms with Gasteiger partial charge in [-0.2, -0.15) is 0 Å². The molecule has 0 saturated heterocycles. The summed E-state index contributed by atoms with van der Waals surface area (Å²) in [4.78, 5) is 19.4. The fraction of sp³-hybridized carbons (Fsp3) is 0.810. The van der Waals surface area contributed by atoms with E-state index in [1.54, 1.807) is 4.90 Å². The Kier molecular flexibility index (Phi) is 9.36. The number of aromatic nitrogens is 3. The molecule has 2 saturated carbocycles. The minimum absolute atomic E-state index is 0. The molecule has 2 aliphatic carbocycles. The molecule has 30 heavy (non-hydrogen) atoms. The van der Waals surface area contributed by atoms with Crippen LogP contribution in [0.2, 0.25) is 0 Å². The van der Waals surface area contributed by atoms with Crippen LogP contribution < -0.4 is 10.6 Å². The molecule has 1 aromatic rings. The summed E-state index contributed by atoms with van der Waals surface area (Å²) in [5.41, 5.74) is -0.320. The molecule has 2 aliphatic rings. The number of aliphatic imine (C=N–C) groups is 1. The summed E-state index contributed by atoms with van der Waals surface area (Å²) in [7, 11) is 5.67.